The summed E-state index contributed by atoms with van der Waals surface area (Å²) in [5.74, 6) is 1.59. The van der Waals surface area contributed by atoms with Crippen LogP contribution in [0.15, 0.2) is 18.2 Å². The molecule has 0 spiro atoms. The third kappa shape index (κ3) is 5.78. The predicted octanol–water partition coefficient (Wildman–Crippen LogP) is 5.20. The number of likely N-dealkylation sites (tertiary alicyclic amines) is 1. The second kappa shape index (κ2) is 10.0. The van der Waals surface area contributed by atoms with Crippen LogP contribution in [0.25, 0.3) is 0 Å². The van der Waals surface area contributed by atoms with E-state index in [0.717, 1.165) is 43.4 Å². The van der Waals surface area contributed by atoms with Gasteiger partial charge in [0.15, 0.2) is 5.78 Å². The van der Waals surface area contributed by atoms with Gasteiger partial charge in [-0.25, -0.2) is 0 Å². The van der Waals surface area contributed by atoms with Gasteiger partial charge in [-0.1, -0.05) is 50.3 Å². The van der Waals surface area contributed by atoms with E-state index in [1.54, 1.807) is 0 Å². The minimum Gasteiger partial charge on any atom is -0.317 e. The second-order valence-electron chi connectivity index (χ2n) is 9.82. The quantitative estimate of drug-likeness (QED) is 0.564. The van der Waals surface area contributed by atoms with Crippen molar-refractivity contribution in [3.8, 4) is 0 Å². The standard InChI is InChI=1S/C26H40NO2/c1-4-27(19-24(28)17-25-20(2)10-8-11-21(25)3)15-9-14-23(18-27)26(29)16-22-12-6-5-7-13-22/h8,10-11,22-23H,4-7,9,12-19H2,1-3H3/q+1. The molecule has 2 fully saturated rings. The van der Waals surface area contributed by atoms with E-state index < -0.39 is 0 Å². The third-order valence-corrected chi connectivity index (χ3v) is 7.66. The number of aryl methyl sites for hydroxylation is 2. The number of rotatable bonds is 8. The zero-order valence-corrected chi connectivity index (χ0v) is 18.8. The number of piperidine rings is 1. The lowest BCUT2D eigenvalue weighted by Gasteiger charge is -2.43. The summed E-state index contributed by atoms with van der Waals surface area (Å²) >= 11 is 0. The third-order valence-electron chi connectivity index (χ3n) is 7.66. The minimum absolute atomic E-state index is 0.165. The summed E-state index contributed by atoms with van der Waals surface area (Å²) in [4.78, 5) is 26.1. The summed E-state index contributed by atoms with van der Waals surface area (Å²) in [7, 11) is 0. The van der Waals surface area contributed by atoms with Gasteiger partial charge in [0.2, 0.25) is 0 Å². The van der Waals surface area contributed by atoms with E-state index >= 15 is 0 Å². The van der Waals surface area contributed by atoms with Crippen LogP contribution in [-0.4, -0.2) is 42.2 Å². The second-order valence-corrected chi connectivity index (χ2v) is 9.82. The molecule has 1 aliphatic heterocycles. The number of hydrogen-bond acceptors (Lipinski definition) is 2. The van der Waals surface area contributed by atoms with Crippen molar-refractivity contribution in [1.82, 2.24) is 0 Å². The fourth-order valence-electron chi connectivity index (χ4n) is 5.73. The van der Waals surface area contributed by atoms with E-state index in [0.29, 0.717) is 30.4 Å². The topological polar surface area (TPSA) is 34.1 Å². The molecule has 1 aliphatic carbocycles. The van der Waals surface area contributed by atoms with Gasteiger partial charge in [-0.15, -0.1) is 0 Å². The largest absolute Gasteiger partial charge is 0.317 e. The number of Topliss-reactive ketones (excluding diaryl/α,β-unsaturated/α-hetero) is 2. The molecular formula is C26H40NO2+. The lowest BCUT2D eigenvalue weighted by molar-refractivity contribution is -0.925. The molecule has 0 bridgehead atoms. The van der Waals surface area contributed by atoms with E-state index in [2.05, 4.69) is 39.0 Å². The van der Waals surface area contributed by atoms with Crippen molar-refractivity contribution >= 4 is 11.6 Å². The Balaban J connectivity index is 1.61. The van der Waals surface area contributed by atoms with Crippen LogP contribution in [-0.2, 0) is 16.0 Å². The van der Waals surface area contributed by atoms with Crippen LogP contribution in [0.5, 0.6) is 0 Å². The summed E-state index contributed by atoms with van der Waals surface area (Å²) in [5.41, 5.74) is 3.61. The molecule has 29 heavy (non-hydrogen) atoms. The van der Waals surface area contributed by atoms with E-state index in [9.17, 15) is 9.59 Å². The van der Waals surface area contributed by atoms with Crippen molar-refractivity contribution in [2.75, 3.05) is 26.2 Å². The molecular weight excluding hydrogens is 358 g/mol. The number of benzene rings is 1. The van der Waals surface area contributed by atoms with Gasteiger partial charge in [-0.2, -0.15) is 0 Å². The molecule has 2 aliphatic rings. The van der Waals surface area contributed by atoms with Crippen molar-refractivity contribution in [3.05, 3.63) is 34.9 Å². The Bertz CT molecular complexity index is 699. The maximum atomic E-state index is 13.0. The molecule has 1 heterocycles. The van der Waals surface area contributed by atoms with Crippen molar-refractivity contribution in [2.45, 2.75) is 78.6 Å². The van der Waals surface area contributed by atoms with Gasteiger partial charge in [-0.3, -0.25) is 9.59 Å². The molecule has 1 aromatic carbocycles. The summed E-state index contributed by atoms with van der Waals surface area (Å²) in [5, 5.41) is 0. The molecule has 3 heteroatoms. The Morgan fingerprint density at radius 1 is 1.00 bits per heavy atom. The summed E-state index contributed by atoms with van der Waals surface area (Å²) in [6.07, 6.45) is 9.81. The molecule has 1 saturated carbocycles. The molecule has 0 amide bonds. The molecule has 0 aromatic heterocycles. The Labute approximate surface area is 177 Å². The number of likely N-dealkylation sites (N-methyl/N-ethyl adjacent to an activating group) is 1. The van der Waals surface area contributed by atoms with Crippen LogP contribution < -0.4 is 0 Å². The molecule has 2 atom stereocenters. The lowest BCUT2D eigenvalue weighted by atomic mass is 9.81. The van der Waals surface area contributed by atoms with E-state index in [-0.39, 0.29) is 5.92 Å². The number of carbonyl (C=O) groups excluding carboxylic acids is 2. The average Bonchev–Trinajstić information content (AvgIpc) is 2.72. The van der Waals surface area contributed by atoms with Gasteiger partial charge in [0, 0.05) is 12.8 Å². The zero-order chi connectivity index (χ0) is 20.9. The molecule has 0 N–H and O–H groups in total. The van der Waals surface area contributed by atoms with E-state index in [1.807, 2.05) is 0 Å². The molecule has 1 saturated heterocycles. The van der Waals surface area contributed by atoms with Crippen molar-refractivity contribution < 1.29 is 14.1 Å². The van der Waals surface area contributed by atoms with Crippen LogP contribution in [0.4, 0.5) is 0 Å². The first kappa shape index (κ1) is 22.2. The SMILES string of the molecule is CC[N+]1(CC(=O)Cc2c(C)cccc2C)CCCC(C(=O)CC2CCCCC2)C1. The smallest absolute Gasteiger partial charge is 0.191 e. The van der Waals surface area contributed by atoms with Crippen LogP contribution in [0.3, 0.4) is 0 Å². The Kier molecular flexibility index (Phi) is 7.67. The molecule has 3 nitrogen and oxygen atoms in total. The van der Waals surface area contributed by atoms with Gasteiger partial charge in [0.1, 0.15) is 12.3 Å². The maximum absolute atomic E-state index is 13.0. The predicted molar refractivity (Wildman–Crippen MR) is 119 cm³/mol. The van der Waals surface area contributed by atoms with Crippen LogP contribution in [0.1, 0.15) is 75.0 Å². The highest BCUT2D eigenvalue weighted by Gasteiger charge is 2.38. The summed E-state index contributed by atoms with van der Waals surface area (Å²) in [6, 6.07) is 6.26. The van der Waals surface area contributed by atoms with Crippen LogP contribution >= 0.6 is 0 Å². The average molecular weight is 399 g/mol. The van der Waals surface area contributed by atoms with Crippen molar-refractivity contribution in [2.24, 2.45) is 11.8 Å². The highest BCUT2D eigenvalue weighted by molar-refractivity contribution is 5.83. The molecule has 2 unspecified atom stereocenters. The summed E-state index contributed by atoms with van der Waals surface area (Å²) in [6.45, 7) is 9.84. The highest BCUT2D eigenvalue weighted by atomic mass is 16.1. The van der Waals surface area contributed by atoms with E-state index in [4.69, 9.17) is 0 Å². The van der Waals surface area contributed by atoms with E-state index in [1.165, 1.54) is 48.8 Å². The van der Waals surface area contributed by atoms with Crippen LogP contribution in [0.2, 0.25) is 0 Å². The lowest BCUT2D eigenvalue weighted by Crippen LogP contribution is -2.57. The Hall–Kier alpha value is -1.48. The Morgan fingerprint density at radius 3 is 2.34 bits per heavy atom. The fourth-order valence-corrected chi connectivity index (χ4v) is 5.73. The minimum atomic E-state index is 0.165. The molecule has 0 radical (unpaired) electrons. The number of quaternary nitrogens is 1. The highest BCUT2D eigenvalue weighted by Crippen LogP contribution is 2.31. The first-order valence-corrected chi connectivity index (χ1v) is 11.9. The maximum Gasteiger partial charge on any atom is 0.191 e. The van der Waals surface area contributed by atoms with Crippen LogP contribution in [0, 0.1) is 25.7 Å². The molecule has 1 aromatic rings. The monoisotopic (exact) mass is 398 g/mol. The number of hydrogen-bond donors (Lipinski definition) is 0. The first-order chi connectivity index (χ1) is 13.9. The Morgan fingerprint density at radius 2 is 1.69 bits per heavy atom. The number of nitrogens with zero attached hydrogens (tertiary/aromatic N) is 1. The van der Waals surface area contributed by atoms with Gasteiger partial charge >= 0.3 is 0 Å². The van der Waals surface area contributed by atoms with Gasteiger partial charge in [-0.05, 0) is 56.2 Å². The van der Waals surface area contributed by atoms with Crippen molar-refractivity contribution in [3.63, 3.8) is 0 Å². The summed E-state index contributed by atoms with van der Waals surface area (Å²) < 4.78 is 0.810. The van der Waals surface area contributed by atoms with Gasteiger partial charge in [0.05, 0.1) is 25.6 Å². The fraction of sp³-hybridized carbons (Fsp3) is 0.692. The first-order valence-electron chi connectivity index (χ1n) is 11.9. The zero-order valence-electron chi connectivity index (χ0n) is 18.8. The van der Waals surface area contributed by atoms with Gasteiger partial charge < -0.3 is 4.48 Å². The molecule has 3 rings (SSSR count). The van der Waals surface area contributed by atoms with Gasteiger partial charge in [0.25, 0.3) is 0 Å². The number of carbonyl (C=O) groups is 2. The molecule has 160 valence electrons. The number of ketones is 2. The van der Waals surface area contributed by atoms with Crippen molar-refractivity contribution in [1.29, 1.82) is 0 Å². The normalized spacial score (nSPS) is 25.7.